The average molecular weight is 361 g/mol. The minimum absolute atomic E-state index is 0.196. The molecule has 0 spiro atoms. The maximum atomic E-state index is 13.1. The van der Waals surface area contributed by atoms with Crippen LogP contribution < -0.4 is 4.74 Å². The molecule has 0 saturated carbocycles. The van der Waals surface area contributed by atoms with E-state index in [4.69, 9.17) is 4.74 Å². The molecule has 2 atom stereocenters. The molecule has 3 rings (SSSR count). The molecule has 0 aliphatic carbocycles. The number of hydrogen-bond donors (Lipinski definition) is 1. The second-order valence-electron chi connectivity index (χ2n) is 6.53. The number of aliphatic hydroxyl groups excluding tert-OH is 1. The zero-order valence-corrected chi connectivity index (χ0v) is 15.4. The third-order valence-electron chi connectivity index (χ3n) is 4.60. The molecule has 1 N–H and O–H groups in total. The van der Waals surface area contributed by atoms with Crippen LogP contribution in [0.2, 0.25) is 0 Å². The van der Waals surface area contributed by atoms with Gasteiger partial charge in [-0.1, -0.05) is 30.3 Å². The van der Waals surface area contributed by atoms with E-state index in [1.165, 1.54) is 4.31 Å². The first-order valence-electron chi connectivity index (χ1n) is 8.29. The summed E-state index contributed by atoms with van der Waals surface area (Å²) in [6.45, 7) is 3.67. The van der Waals surface area contributed by atoms with Gasteiger partial charge >= 0.3 is 0 Å². The highest BCUT2D eigenvalue weighted by atomic mass is 32.2. The largest absolute Gasteiger partial charge is 0.497 e. The Balaban J connectivity index is 2.04. The van der Waals surface area contributed by atoms with Gasteiger partial charge in [0.25, 0.3) is 0 Å². The topological polar surface area (TPSA) is 66.8 Å². The molecule has 5 nitrogen and oxygen atoms in total. The van der Waals surface area contributed by atoms with E-state index in [2.05, 4.69) is 0 Å². The van der Waals surface area contributed by atoms with Crippen LogP contribution in [0.1, 0.15) is 31.1 Å². The Morgan fingerprint density at radius 3 is 2.36 bits per heavy atom. The summed E-state index contributed by atoms with van der Waals surface area (Å²) in [4.78, 5) is 0.196. The first kappa shape index (κ1) is 17.9. The molecule has 0 aromatic heterocycles. The van der Waals surface area contributed by atoms with Crippen LogP contribution in [0.4, 0.5) is 0 Å². The van der Waals surface area contributed by atoms with Crippen molar-refractivity contribution in [3.8, 4) is 5.75 Å². The van der Waals surface area contributed by atoms with Gasteiger partial charge in [-0.15, -0.1) is 0 Å². The number of aliphatic hydroxyl groups is 1. The fourth-order valence-corrected chi connectivity index (χ4v) is 5.53. The number of ether oxygens (including phenoxy) is 1. The summed E-state index contributed by atoms with van der Waals surface area (Å²) in [7, 11) is -2.05. The van der Waals surface area contributed by atoms with Crippen LogP contribution in [0.25, 0.3) is 0 Å². The van der Waals surface area contributed by atoms with Crippen molar-refractivity contribution in [2.75, 3.05) is 7.11 Å². The summed E-state index contributed by atoms with van der Waals surface area (Å²) in [5.41, 5.74) is 1.42. The molecular weight excluding hydrogens is 338 g/mol. The summed E-state index contributed by atoms with van der Waals surface area (Å²) in [6, 6.07) is 13.4. The molecule has 25 heavy (non-hydrogen) atoms. The maximum Gasteiger partial charge on any atom is 0.244 e. The summed E-state index contributed by atoms with van der Waals surface area (Å²) >= 11 is 0. The van der Waals surface area contributed by atoms with E-state index in [0.717, 1.165) is 11.3 Å². The second-order valence-corrected chi connectivity index (χ2v) is 8.34. The molecule has 1 aliphatic rings. The molecule has 0 saturated heterocycles. The highest BCUT2D eigenvalue weighted by molar-refractivity contribution is 7.89. The Hall–Kier alpha value is -1.89. The fourth-order valence-electron chi connectivity index (χ4n) is 3.46. The molecule has 6 heteroatoms. The monoisotopic (exact) mass is 361 g/mol. The van der Waals surface area contributed by atoms with Crippen molar-refractivity contribution in [3.63, 3.8) is 0 Å². The molecule has 0 unspecified atom stereocenters. The Kier molecular flexibility index (Phi) is 4.86. The number of nitrogens with zero attached hydrogens (tertiary/aromatic N) is 1. The predicted molar refractivity (Wildman–Crippen MR) is 96.0 cm³/mol. The summed E-state index contributed by atoms with van der Waals surface area (Å²) in [5.74, 6) is 0.742. The van der Waals surface area contributed by atoms with Crippen LogP contribution in [-0.2, 0) is 16.4 Å². The summed E-state index contributed by atoms with van der Waals surface area (Å²) < 4.78 is 32.8. The molecule has 2 aromatic carbocycles. The van der Waals surface area contributed by atoms with E-state index >= 15 is 0 Å². The number of rotatable bonds is 4. The van der Waals surface area contributed by atoms with Crippen LogP contribution >= 0.6 is 0 Å². The number of hydrogen-bond acceptors (Lipinski definition) is 4. The Bertz CT molecular complexity index is 846. The molecule has 0 amide bonds. The summed E-state index contributed by atoms with van der Waals surface area (Å²) in [5, 5.41) is 10.9. The van der Waals surface area contributed by atoms with Crippen LogP contribution in [0.3, 0.4) is 0 Å². The zero-order valence-electron chi connectivity index (χ0n) is 14.6. The van der Waals surface area contributed by atoms with Crippen molar-refractivity contribution in [2.45, 2.75) is 43.4 Å². The molecular formula is C19H23NO4S. The van der Waals surface area contributed by atoms with E-state index in [1.807, 2.05) is 38.1 Å². The highest BCUT2D eigenvalue weighted by Crippen LogP contribution is 2.39. The molecule has 0 fully saturated rings. The summed E-state index contributed by atoms with van der Waals surface area (Å²) in [6.07, 6.45) is -0.444. The molecule has 2 aromatic rings. The van der Waals surface area contributed by atoms with Crippen molar-refractivity contribution in [2.24, 2.45) is 0 Å². The van der Waals surface area contributed by atoms with Gasteiger partial charge in [0, 0.05) is 11.6 Å². The quantitative estimate of drug-likeness (QED) is 0.909. The SMILES string of the molecule is COc1ccc(C[C@H]2[C@H](O)c3ccccc3S(=O)(=O)N2C(C)C)cc1. The van der Waals surface area contributed by atoms with Gasteiger partial charge in [-0.2, -0.15) is 4.31 Å². The molecule has 0 bridgehead atoms. The first-order valence-corrected chi connectivity index (χ1v) is 9.73. The maximum absolute atomic E-state index is 13.1. The van der Waals surface area contributed by atoms with Crippen LogP contribution in [0.15, 0.2) is 53.4 Å². The second kappa shape index (κ2) is 6.78. The minimum Gasteiger partial charge on any atom is -0.497 e. The number of benzene rings is 2. The number of fused-ring (bicyclic) bond motifs is 1. The lowest BCUT2D eigenvalue weighted by Gasteiger charge is -2.41. The van der Waals surface area contributed by atoms with E-state index in [-0.39, 0.29) is 10.9 Å². The van der Waals surface area contributed by atoms with Crippen LogP contribution in [0.5, 0.6) is 5.75 Å². The molecule has 1 heterocycles. The van der Waals surface area contributed by atoms with Gasteiger partial charge in [-0.25, -0.2) is 8.42 Å². The third kappa shape index (κ3) is 3.17. The standard InChI is InChI=1S/C19H23NO4S/c1-13(2)20-17(12-14-8-10-15(24-3)11-9-14)19(21)16-6-4-5-7-18(16)25(20,22)23/h4-11,13,17,19,21H,12H2,1-3H3/t17-,19+/m0/s1. The number of sulfonamides is 1. The van der Waals surface area contributed by atoms with Gasteiger partial charge in [0.05, 0.1) is 24.2 Å². The van der Waals surface area contributed by atoms with Crippen molar-refractivity contribution < 1.29 is 18.3 Å². The van der Waals surface area contributed by atoms with Crippen molar-refractivity contribution in [3.05, 3.63) is 59.7 Å². The molecule has 1 aliphatic heterocycles. The van der Waals surface area contributed by atoms with Crippen LogP contribution in [-0.4, -0.2) is 37.0 Å². The lowest BCUT2D eigenvalue weighted by Crippen LogP contribution is -2.52. The smallest absolute Gasteiger partial charge is 0.244 e. The predicted octanol–water partition coefficient (Wildman–Crippen LogP) is 2.75. The van der Waals surface area contributed by atoms with Crippen molar-refractivity contribution in [1.82, 2.24) is 4.31 Å². The van der Waals surface area contributed by atoms with Gasteiger partial charge in [0.1, 0.15) is 5.75 Å². The van der Waals surface area contributed by atoms with Gasteiger partial charge in [0.15, 0.2) is 0 Å². The van der Waals surface area contributed by atoms with Gasteiger partial charge in [0.2, 0.25) is 10.0 Å². The van der Waals surface area contributed by atoms with Gasteiger partial charge in [-0.05, 0) is 44.0 Å². The zero-order chi connectivity index (χ0) is 18.2. The minimum atomic E-state index is -3.65. The van der Waals surface area contributed by atoms with E-state index in [1.54, 1.807) is 31.4 Å². The van der Waals surface area contributed by atoms with E-state index in [9.17, 15) is 13.5 Å². The normalized spacial score (nSPS) is 22.6. The van der Waals surface area contributed by atoms with Gasteiger partial charge in [-0.3, -0.25) is 0 Å². The Labute approximate surface area is 148 Å². The van der Waals surface area contributed by atoms with E-state index in [0.29, 0.717) is 12.0 Å². The van der Waals surface area contributed by atoms with Crippen molar-refractivity contribution in [1.29, 1.82) is 0 Å². The molecule has 134 valence electrons. The average Bonchev–Trinajstić information content (AvgIpc) is 2.60. The third-order valence-corrected chi connectivity index (χ3v) is 6.77. The van der Waals surface area contributed by atoms with E-state index < -0.39 is 22.2 Å². The lowest BCUT2D eigenvalue weighted by atomic mass is 9.95. The Morgan fingerprint density at radius 2 is 1.76 bits per heavy atom. The number of methoxy groups -OCH3 is 1. The van der Waals surface area contributed by atoms with Gasteiger partial charge < -0.3 is 9.84 Å². The molecule has 0 radical (unpaired) electrons. The van der Waals surface area contributed by atoms with Crippen LogP contribution in [0, 0.1) is 0 Å². The van der Waals surface area contributed by atoms with Crippen molar-refractivity contribution >= 4 is 10.0 Å². The highest BCUT2D eigenvalue weighted by Gasteiger charge is 2.44. The lowest BCUT2D eigenvalue weighted by molar-refractivity contribution is 0.0685. The first-order chi connectivity index (χ1) is 11.9. The fraction of sp³-hybridized carbons (Fsp3) is 0.368. The Morgan fingerprint density at radius 1 is 1.12 bits per heavy atom.